The van der Waals surface area contributed by atoms with Crippen molar-refractivity contribution >= 4 is 29.2 Å². The maximum atomic E-state index is 11.8. The fourth-order valence-corrected chi connectivity index (χ4v) is 1.61. The van der Waals surface area contributed by atoms with Crippen molar-refractivity contribution in [1.29, 1.82) is 0 Å². The van der Waals surface area contributed by atoms with Gasteiger partial charge in [-0.2, -0.15) is 24.5 Å². The van der Waals surface area contributed by atoms with Crippen LogP contribution in [0.3, 0.4) is 0 Å². The molecule has 3 amide bonds. The van der Waals surface area contributed by atoms with E-state index < -0.39 is 37.2 Å². The summed E-state index contributed by atoms with van der Waals surface area (Å²) in [5, 5.41) is 6.15. The zero-order valence-corrected chi connectivity index (χ0v) is 10.6. The molecule has 0 aliphatic heterocycles. The number of urea groups is 1. The van der Waals surface area contributed by atoms with Gasteiger partial charge in [-0.1, -0.05) is 0 Å². The van der Waals surface area contributed by atoms with Crippen LogP contribution >= 0.6 is 11.3 Å². The van der Waals surface area contributed by atoms with Crippen LogP contribution in [0.25, 0.3) is 0 Å². The van der Waals surface area contributed by atoms with Gasteiger partial charge in [0.2, 0.25) is 0 Å². The highest BCUT2D eigenvalue weighted by molar-refractivity contribution is 7.08. The minimum absolute atomic E-state index is 0.240. The number of hydrogen-bond donors (Lipinski definition) is 2. The largest absolute Gasteiger partial charge is 0.452 e. The molecule has 0 saturated carbocycles. The summed E-state index contributed by atoms with van der Waals surface area (Å²) in [6.07, 6.45) is -4.58. The molecule has 0 bridgehead atoms. The number of hydrogen-bond acceptors (Lipinski definition) is 5. The molecule has 1 rings (SSSR count). The van der Waals surface area contributed by atoms with E-state index in [4.69, 9.17) is 0 Å². The first-order chi connectivity index (χ1) is 9.28. The average Bonchev–Trinajstić information content (AvgIpc) is 2.86. The van der Waals surface area contributed by atoms with Crippen LogP contribution in [0.1, 0.15) is 10.4 Å². The molecule has 20 heavy (non-hydrogen) atoms. The Morgan fingerprint density at radius 3 is 2.55 bits per heavy atom. The Morgan fingerprint density at radius 1 is 1.30 bits per heavy atom. The summed E-state index contributed by atoms with van der Waals surface area (Å²) in [5.41, 5.74) is 0.240. The third-order valence-electron chi connectivity index (χ3n) is 1.79. The van der Waals surface area contributed by atoms with E-state index in [1.807, 2.05) is 0 Å². The fraction of sp³-hybridized carbons (Fsp3) is 0.300. The summed E-state index contributed by atoms with van der Waals surface area (Å²) in [6.45, 7) is -2.34. The Bertz CT molecular complexity index is 487. The highest BCUT2D eigenvalue weighted by Crippen LogP contribution is 2.11. The van der Waals surface area contributed by atoms with Crippen LogP contribution in [0.2, 0.25) is 0 Å². The van der Waals surface area contributed by atoms with E-state index in [2.05, 4.69) is 4.74 Å². The molecule has 0 spiro atoms. The second-order valence-electron chi connectivity index (χ2n) is 3.43. The first-order valence-electron chi connectivity index (χ1n) is 5.11. The summed E-state index contributed by atoms with van der Waals surface area (Å²) >= 11 is 1.25. The van der Waals surface area contributed by atoms with Crippen LogP contribution in [0, 0.1) is 0 Å². The molecule has 1 heterocycles. The van der Waals surface area contributed by atoms with Gasteiger partial charge in [0.05, 0.1) is 5.56 Å². The van der Waals surface area contributed by atoms with Crippen molar-refractivity contribution in [3.05, 3.63) is 22.4 Å². The van der Waals surface area contributed by atoms with Gasteiger partial charge < -0.3 is 10.1 Å². The van der Waals surface area contributed by atoms with E-state index in [-0.39, 0.29) is 5.56 Å². The van der Waals surface area contributed by atoms with Crippen molar-refractivity contribution in [2.45, 2.75) is 6.18 Å². The molecular formula is C10H9F3N2O4S. The first kappa shape index (κ1) is 16.0. The van der Waals surface area contributed by atoms with Crippen LogP contribution in [0.5, 0.6) is 0 Å². The maximum absolute atomic E-state index is 11.8. The number of esters is 1. The van der Waals surface area contributed by atoms with Crippen molar-refractivity contribution < 1.29 is 32.3 Å². The lowest BCUT2D eigenvalue weighted by atomic mass is 10.3. The Labute approximate surface area is 114 Å². The molecule has 0 aliphatic rings. The number of carbonyl (C=O) groups is 3. The second kappa shape index (κ2) is 6.89. The van der Waals surface area contributed by atoms with Gasteiger partial charge in [0.15, 0.2) is 6.61 Å². The Hall–Kier alpha value is -2.10. The number of halogens is 3. The molecule has 10 heteroatoms. The van der Waals surface area contributed by atoms with Crippen LogP contribution in [0.4, 0.5) is 18.0 Å². The number of nitrogens with one attached hydrogen (secondary N) is 2. The first-order valence-corrected chi connectivity index (χ1v) is 6.06. The minimum atomic E-state index is -4.58. The normalized spacial score (nSPS) is 10.8. The van der Waals surface area contributed by atoms with E-state index in [9.17, 15) is 27.6 Å². The zero-order chi connectivity index (χ0) is 15.2. The topological polar surface area (TPSA) is 84.5 Å². The summed E-state index contributed by atoms with van der Waals surface area (Å²) in [7, 11) is 0. The summed E-state index contributed by atoms with van der Waals surface area (Å²) in [6, 6.07) is 0.153. The third kappa shape index (κ3) is 6.18. The molecule has 0 aromatic carbocycles. The lowest BCUT2D eigenvalue weighted by molar-refractivity contribution is -0.125. The SMILES string of the molecule is O=C(COC(=O)c1ccsc1)NC(=O)NCC(F)(F)F. The van der Waals surface area contributed by atoms with Crippen LogP contribution in [-0.2, 0) is 9.53 Å². The van der Waals surface area contributed by atoms with Crippen LogP contribution < -0.4 is 10.6 Å². The van der Waals surface area contributed by atoms with Crippen molar-refractivity contribution in [2.24, 2.45) is 0 Å². The van der Waals surface area contributed by atoms with E-state index in [0.717, 1.165) is 0 Å². The number of amides is 3. The molecule has 0 fully saturated rings. The minimum Gasteiger partial charge on any atom is -0.452 e. The average molecular weight is 310 g/mol. The number of rotatable bonds is 4. The van der Waals surface area contributed by atoms with E-state index >= 15 is 0 Å². The van der Waals surface area contributed by atoms with Crippen molar-refractivity contribution in [2.75, 3.05) is 13.2 Å². The van der Waals surface area contributed by atoms with Crippen molar-refractivity contribution in [3.8, 4) is 0 Å². The van der Waals surface area contributed by atoms with Gasteiger partial charge in [-0.15, -0.1) is 0 Å². The Balaban J connectivity index is 2.26. The van der Waals surface area contributed by atoms with Gasteiger partial charge in [0.1, 0.15) is 6.54 Å². The van der Waals surface area contributed by atoms with E-state index in [1.165, 1.54) is 28.1 Å². The zero-order valence-electron chi connectivity index (χ0n) is 9.82. The summed E-state index contributed by atoms with van der Waals surface area (Å²) in [5.74, 6) is -1.80. The molecular weight excluding hydrogens is 301 g/mol. The number of carbonyl (C=O) groups excluding carboxylic acids is 3. The van der Waals surface area contributed by atoms with Gasteiger partial charge in [-0.25, -0.2) is 9.59 Å². The lowest BCUT2D eigenvalue weighted by Crippen LogP contribution is -2.44. The van der Waals surface area contributed by atoms with Gasteiger partial charge in [-0.05, 0) is 11.4 Å². The number of alkyl halides is 3. The summed E-state index contributed by atoms with van der Waals surface area (Å²) < 4.78 is 39.9. The maximum Gasteiger partial charge on any atom is 0.405 e. The van der Waals surface area contributed by atoms with Gasteiger partial charge in [-0.3, -0.25) is 10.1 Å². The highest BCUT2D eigenvalue weighted by Gasteiger charge is 2.28. The predicted octanol–water partition coefficient (Wildman–Crippen LogP) is 1.29. The fourth-order valence-electron chi connectivity index (χ4n) is 0.982. The quantitative estimate of drug-likeness (QED) is 0.821. The number of ether oxygens (including phenoxy) is 1. The molecule has 110 valence electrons. The molecule has 0 unspecified atom stereocenters. The molecule has 1 aromatic heterocycles. The second-order valence-corrected chi connectivity index (χ2v) is 4.21. The van der Waals surface area contributed by atoms with E-state index in [1.54, 1.807) is 10.7 Å². The monoisotopic (exact) mass is 310 g/mol. The van der Waals surface area contributed by atoms with Gasteiger partial charge in [0.25, 0.3) is 5.91 Å². The number of imide groups is 1. The molecule has 0 atom stereocenters. The molecule has 0 aliphatic carbocycles. The standard InChI is InChI=1S/C10H9F3N2O4S/c11-10(12,13)5-14-9(18)15-7(16)3-19-8(17)6-1-2-20-4-6/h1-2,4H,3,5H2,(H2,14,15,16,18). The Morgan fingerprint density at radius 2 is 2.00 bits per heavy atom. The summed E-state index contributed by atoms with van der Waals surface area (Å²) in [4.78, 5) is 33.3. The van der Waals surface area contributed by atoms with Crippen molar-refractivity contribution in [3.63, 3.8) is 0 Å². The highest BCUT2D eigenvalue weighted by atomic mass is 32.1. The molecule has 6 nitrogen and oxygen atoms in total. The van der Waals surface area contributed by atoms with Gasteiger partial charge in [0, 0.05) is 5.38 Å². The van der Waals surface area contributed by atoms with Crippen molar-refractivity contribution in [1.82, 2.24) is 10.6 Å². The number of thiophene rings is 1. The third-order valence-corrected chi connectivity index (χ3v) is 2.48. The smallest absolute Gasteiger partial charge is 0.405 e. The molecule has 0 radical (unpaired) electrons. The van der Waals surface area contributed by atoms with E-state index in [0.29, 0.717) is 0 Å². The lowest BCUT2D eigenvalue weighted by Gasteiger charge is -2.09. The Kier molecular flexibility index (Phi) is 5.50. The molecule has 1 aromatic rings. The van der Waals surface area contributed by atoms with Crippen LogP contribution in [0.15, 0.2) is 16.8 Å². The van der Waals surface area contributed by atoms with Crippen LogP contribution in [-0.4, -0.2) is 37.2 Å². The van der Waals surface area contributed by atoms with Gasteiger partial charge >= 0.3 is 18.2 Å². The molecule has 0 saturated heterocycles. The predicted molar refractivity (Wildman–Crippen MR) is 62.2 cm³/mol. The molecule has 2 N–H and O–H groups in total.